The van der Waals surface area contributed by atoms with Gasteiger partial charge < -0.3 is 19.2 Å². The summed E-state index contributed by atoms with van der Waals surface area (Å²) in [7, 11) is -4.01. The van der Waals surface area contributed by atoms with Gasteiger partial charge in [-0.1, -0.05) is 6.92 Å². The summed E-state index contributed by atoms with van der Waals surface area (Å²) in [6, 6.07) is 1.06. The van der Waals surface area contributed by atoms with Gasteiger partial charge in [0, 0.05) is 32.4 Å². The SMILES string of the molecule is CCOCCCN(CC(C)C(=O)O)C(=O)c1cc(S(N)(=O)=O)c(C)o1. The molecule has 0 bridgehead atoms. The maximum atomic E-state index is 12.6. The molecule has 1 atom stereocenters. The Morgan fingerprint density at radius 2 is 2.08 bits per heavy atom. The molecule has 9 nitrogen and oxygen atoms in total. The molecule has 1 rings (SSSR count). The lowest BCUT2D eigenvalue weighted by molar-refractivity contribution is -0.141. The van der Waals surface area contributed by atoms with E-state index in [1.54, 1.807) is 0 Å². The van der Waals surface area contributed by atoms with Gasteiger partial charge in [0.2, 0.25) is 10.0 Å². The van der Waals surface area contributed by atoms with E-state index in [0.29, 0.717) is 19.6 Å². The predicted molar refractivity (Wildman–Crippen MR) is 88.6 cm³/mol. The largest absolute Gasteiger partial charge is 0.481 e. The molecule has 0 spiro atoms. The summed E-state index contributed by atoms with van der Waals surface area (Å²) in [4.78, 5) is 24.7. The van der Waals surface area contributed by atoms with Crippen LogP contribution in [-0.4, -0.2) is 56.6 Å². The first-order valence-corrected chi connectivity index (χ1v) is 9.35. The summed E-state index contributed by atoms with van der Waals surface area (Å²) in [5.41, 5.74) is 0. The molecular formula is C15H24N2O7S. The summed E-state index contributed by atoms with van der Waals surface area (Å²) in [5, 5.41) is 14.1. The molecule has 0 aromatic carbocycles. The number of aryl methyl sites for hydroxylation is 1. The Bertz CT molecular complexity index is 711. The smallest absolute Gasteiger partial charge is 0.308 e. The fourth-order valence-corrected chi connectivity index (χ4v) is 2.91. The minimum absolute atomic E-state index is 0.00593. The van der Waals surface area contributed by atoms with Crippen molar-refractivity contribution >= 4 is 21.9 Å². The first-order valence-electron chi connectivity index (χ1n) is 7.81. The van der Waals surface area contributed by atoms with Gasteiger partial charge >= 0.3 is 5.97 Å². The number of rotatable bonds is 10. The Morgan fingerprint density at radius 1 is 1.44 bits per heavy atom. The molecule has 142 valence electrons. The van der Waals surface area contributed by atoms with Crippen LogP contribution in [0.1, 0.15) is 36.6 Å². The number of carboxylic acid groups (broad SMARTS) is 1. The highest BCUT2D eigenvalue weighted by Crippen LogP contribution is 2.20. The number of ether oxygens (including phenoxy) is 1. The summed E-state index contributed by atoms with van der Waals surface area (Å²) in [6.07, 6.45) is 0.508. The van der Waals surface area contributed by atoms with Crippen molar-refractivity contribution in [1.82, 2.24) is 4.90 Å². The van der Waals surface area contributed by atoms with Crippen LogP contribution in [0.15, 0.2) is 15.4 Å². The number of nitrogens with zero attached hydrogens (tertiary/aromatic N) is 1. The summed E-state index contributed by atoms with van der Waals surface area (Å²) in [5.74, 6) is -2.61. The molecule has 0 fully saturated rings. The lowest BCUT2D eigenvalue weighted by atomic mass is 10.1. The van der Waals surface area contributed by atoms with Crippen LogP contribution < -0.4 is 5.14 Å². The fourth-order valence-electron chi connectivity index (χ4n) is 2.20. The fraction of sp³-hybridized carbons (Fsp3) is 0.600. The van der Waals surface area contributed by atoms with Crippen LogP contribution in [0.4, 0.5) is 0 Å². The molecular weight excluding hydrogens is 352 g/mol. The van der Waals surface area contributed by atoms with Crippen LogP contribution >= 0.6 is 0 Å². The van der Waals surface area contributed by atoms with E-state index in [4.69, 9.17) is 19.4 Å². The summed E-state index contributed by atoms with van der Waals surface area (Å²) >= 11 is 0. The molecule has 25 heavy (non-hydrogen) atoms. The van der Waals surface area contributed by atoms with Crippen LogP contribution in [0.3, 0.4) is 0 Å². The Hall–Kier alpha value is -1.91. The van der Waals surface area contributed by atoms with Gasteiger partial charge in [-0.25, -0.2) is 13.6 Å². The molecule has 1 amide bonds. The van der Waals surface area contributed by atoms with Gasteiger partial charge in [0.25, 0.3) is 5.91 Å². The number of amides is 1. The summed E-state index contributed by atoms with van der Waals surface area (Å²) in [6.45, 7) is 5.88. The molecule has 1 unspecified atom stereocenters. The third-order valence-electron chi connectivity index (χ3n) is 3.51. The van der Waals surface area contributed by atoms with Gasteiger partial charge in [0.15, 0.2) is 5.76 Å². The molecule has 10 heteroatoms. The zero-order valence-corrected chi connectivity index (χ0v) is 15.3. The topological polar surface area (TPSA) is 140 Å². The molecule has 0 aliphatic rings. The van der Waals surface area contributed by atoms with E-state index in [9.17, 15) is 18.0 Å². The van der Waals surface area contributed by atoms with Crippen LogP contribution in [0.25, 0.3) is 0 Å². The van der Waals surface area contributed by atoms with E-state index >= 15 is 0 Å². The van der Waals surface area contributed by atoms with Crippen molar-refractivity contribution in [3.05, 3.63) is 17.6 Å². The minimum atomic E-state index is -4.01. The van der Waals surface area contributed by atoms with Crippen LogP contribution in [0.5, 0.6) is 0 Å². The van der Waals surface area contributed by atoms with Crippen molar-refractivity contribution in [2.75, 3.05) is 26.3 Å². The number of nitrogens with two attached hydrogens (primary N) is 1. The number of hydrogen-bond donors (Lipinski definition) is 2. The number of aliphatic carboxylic acids is 1. The van der Waals surface area contributed by atoms with Gasteiger partial charge in [0.05, 0.1) is 5.92 Å². The molecule has 1 aromatic rings. The quantitative estimate of drug-likeness (QED) is 0.576. The van der Waals surface area contributed by atoms with Crippen LogP contribution in [0, 0.1) is 12.8 Å². The highest BCUT2D eigenvalue weighted by atomic mass is 32.2. The highest BCUT2D eigenvalue weighted by molar-refractivity contribution is 7.89. The van der Waals surface area contributed by atoms with Gasteiger partial charge in [-0.2, -0.15) is 0 Å². The maximum absolute atomic E-state index is 12.6. The number of carbonyl (C=O) groups is 2. The van der Waals surface area contributed by atoms with Crippen molar-refractivity contribution in [3.8, 4) is 0 Å². The minimum Gasteiger partial charge on any atom is -0.481 e. The second-order valence-electron chi connectivity index (χ2n) is 5.62. The number of furan rings is 1. The Kier molecular flexibility index (Phi) is 7.59. The van der Waals surface area contributed by atoms with Gasteiger partial charge in [-0.05, 0) is 20.3 Å². The number of carbonyl (C=O) groups excluding carboxylic acids is 1. The molecule has 0 aliphatic carbocycles. The van der Waals surface area contributed by atoms with Crippen molar-refractivity contribution in [2.45, 2.75) is 32.1 Å². The number of sulfonamides is 1. The second-order valence-corrected chi connectivity index (χ2v) is 7.15. The third kappa shape index (κ3) is 6.15. The molecule has 1 aromatic heterocycles. The average Bonchev–Trinajstić information content (AvgIpc) is 2.91. The van der Waals surface area contributed by atoms with Crippen LogP contribution in [-0.2, 0) is 19.6 Å². The van der Waals surface area contributed by atoms with E-state index in [2.05, 4.69) is 0 Å². The molecule has 0 saturated heterocycles. The van der Waals surface area contributed by atoms with E-state index in [0.717, 1.165) is 6.07 Å². The zero-order valence-electron chi connectivity index (χ0n) is 14.5. The van der Waals surface area contributed by atoms with Crippen molar-refractivity contribution in [2.24, 2.45) is 11.1 Å². The van der Waals surface area contributed by atoms with Crippen molar-refractivity contribution in [1.29, 1.82) is 0 Å². The Morgan fingerprint density at radius 3 is 2.56 bits per heavy atom. The van der Waals surface area contributed by atoms with E-state index in [1.807, 2.05) is 6.92 Å². The molecule has 1 heterocycles. The monoisotopic (exact) mass is 376 g/mol. The zero-order chi connectivity index (χ0) is 19.2. The Labute approximate surface area is 146 Å². The predicted octanol–water partition coefficient (Wildman–Crippen LogP) is 0.825. The average molecular weight is 376 g/mol. The lowest BCUT2D eigenvalue weighted by Gasteiger charge is -2.23. The number of primary sulfonamides is 1. The maximum Gasteiger partial charge on any atom is 0.308 e. The van der Waals surface area contributed by atoms with Crippen molar-refractivity contribution < 1.29 is 32.3 Å². The number of carboxylic acids is 1. The van der Waals surface area contributed by atoms with Gasteiger partial charge in [-0.15, -0.1) is 0 Å². The lowest BCUT2D eigenvalue weighted by Crippen LogP contribution is -2.38. The Balaban J connectivity index is 2.99. The van der Waals surface area contributed by atoms with E-state index in [1.165, 1.54) is 18.7 Å². The molecule has 0 saturated carbocycles. The van der Waals surface area contributed by atoms with Crippen LogP contribution in [0.2, 0.25) is 0 Å². The summed E-state index contributed by atoms with van der Waals surface area (Å²) < 4.78 is 33.4. The van der Waals surface area contributed by atoms with Gasteiger partial charge in [-0.3, -0.25) is 9.59 Å². The number of hydrogen-bond acceptors (Lipinski definition) is 6. The molecule has 0 radical (unpaired) electrons. The first kappa shape index (κ1) is 21.1. The third-order valence-corrected chi connectivity index (χ3v) is 4.53. The van der Waals surface area contributed by atoms with Gasteiger partial charge in [0.1, 0.15) is 10.7 Å². The normalized spacial score (nSPS) is 12.8. The van der Waals surface area contributed by atoms with E-state index < -0.39 is 27.8 Å². The standard InChI is InChI=1S/C15H24N2O7S/c1-4-23-7-5-6-17(9-10(2)15(19)20)14(18)12-8-13(11(3)24-12)25(16,21)22/h8,10H,4-7,9H2,1-3H3,(H,19,20)(H2,16,21,22). The second kappa shape index (κ2) is 8.97. The first-order chi connectivity index (χ1) is 11.6. The molecule has 3 N–H and O–H groups in total. The van der Waals surface area contributed by atoms with E-state index in [-0.39, 0.29) is 29.5 Å². The van der Waals surface area contributed by atoms with Crippen molar-refractivity contribution in [3.63, 3.8) is 0 Å². The highest BCUT2D eigenvalue weighted by Gasteiger charge is 2.26. The molecule has 0 aliphatic heterocycles.